The molecule has 0 saturated carbocycles. The van der Waals surface area contributed by atoms with Crippen LogP contribution in [0.25, 0.3) is 0 Å². The second-order valence-corrected chi connectivity index (χ2v) is 2.60. The second kappa shape index (κ2) is 4.47. The van der Waals surface area contributed by atoms with E-state index in [-0.39, 0.29) is 0 Å². The molecule has 80 valence electrons. The lowest BCUT2D eigenvalue weighted by Crippen LogP contribution is -2.13. The molecule has 0 saturated heterocycles. The Morgan fingerprint density at radius 1 is 1.40 bits per heavy atom. The molecule has 0 aromatic heterocycles. The molecule has 0 aliphatic carbocycles. The third-order valence-corrected chi connectivity index (χ3v) is 1.66. The molecule has 1 unspecified atom stereocenters. The Bertz CT molecular complexity index is 465. The molecule has 0 fully saturated rings. The van der Waals surface area contributed by atoms with Gasteiger partial charge in [-0.15, -0.1) is 0 Å². The smallest absolute Gasteiger partial charge is 0.275 e. The molecular formula is C8H8N2O5. The normalized spacial score (nSPS) is 15.0. The maximum atomic E-state index is 10.6. The van der Waals surface area contributed by atoms with E-state index in [1.807, 2.05) is 0 Å². The number of nitro benzene ring substituents is 1. The van der Waals surface area contributed by atoms with E-state index in [4.69, 9.17) is 2.74 Å². The first-order chi connectivity index (χ1) is 7.78. The molecule has 0 amide bonds. The number of nitrogens with zero attached hydrogens (tertiary/aromatic N) is 2. The van der Waals surface area contributed by atoms with Gasteiger partial charge in [0.15, 0.2) is 0 Å². The first kappa shape index (κ1) is 8.30. The number of nitro groups is 2. The molecular weight excluding hydrogens is 204 g/mol. The predicted molar refractivity (Wildman–Crippen MR) is 49.9 cm³/mol. The quantitative estimate of drug-likeness (QED) is 0.592. The highest BCUT2D eigenvalue weighted by Gasteiger charge is 2.23. The number of aliphatic hydroxyl groups excluding tert-OH is 1. The van der Waals surface area contributed by atoms with Gasteiger partial charge < -0.3 is 5.11 Å². The lowest BCUT2D eigenvalue weighted by atomic mass is 10.1. The van der Waals surface area contributed by atoms with E-state index < -0.39 is 33.7 Å². The zero-order chi connectivity index (χ0) is 13.2. The summed E-state index contributed by atoms with van der Waals surface area (Å²) < 4.78 is 14.1. The number of aliphatic hydroxyl groups is 1. The number of para-hydroxylation sites is 1. The van der Waals surface area contributed by atoms with Crippen LogP contribution in [0, 0.1) is 20.2 Å². The van der Waals surface area contributed by atoms with Crippen LogP contribution in [0.1, 0.15) is 14.4 Å². The van der Waals surface area contributed by atoms with Gasteiger partial charge in [0, 0.05) is 11.0 Å². The van der Waals surface area contributed by atoms with Gasteiger partial charge in [-0.25, -0.2) is 0 Å². The molecule has 1 rings (SSSR count). The topological polar surface area (TPSA) is 107 Å². The Morgan fingerprint density at radius 3 is 2.53 bits per heavy atom. The predicted octanol–water partition coefficient (Wildman–Crippen LogP) is 0.905. The monoisotopic (exact) mass is 214 g/mol. The van der Waals surface area contributed by atoms with Crippen LogP contribution in [0.4, 0.5) is 5.69 Å². The van der Waals surface area contributed by atoms with Crippen molar-refractivity contribution < 1.29 is 17.7 Å². The highest BCUT2D eigenvalue weighted by atomic mass is 16.6. The van der Waals surface area contributed by atoms with Crippen LogP contribution in [0.5, 0.6) is 0 Å². The summed E-state index contributed by atoms with van der Waals surface area (Å²) in [6.07, 6.45) is -2.21. The van der Waals surface area contributed by atoms with Crippen molar-refractivity contribution in [3.63, 3.8) is 0 Å². The molecule has 0 bridgehead atoms. The van der Waals surface area contributed by atoms with Crippen molar-refractivity contribution in [1.29, 1.82) is 0 Å². The molecule has 1 atom stereocenters. The van der Waals surface area contributed by atoms with E-state index in [1.54, 1.807) is 0 Å². The first-order valence-electron chi connectivity index (χ1n) is 4.84. The number of rotatable bonds is 4. The SMILES string of the molecule is [2H]C([2H])(C(O)c1ccccc1[N+](=O)[O-])[N+](=O)[O-]. The van der Waals surface area contributed by atoms with Crippen LogP contribution in [0.15, 0.2) is 24.3 Å². The summed E-state index contributed by atoms with van der Waals surface area (Å²) in [4.78, 5) is 18.9. The van der Waals surface area contributed by atoms with Crippen molar-refractivity contribution >= 4 is 5.69 Å². The minimum atomic E-state index is -3.19. The Balaban J connectivity index is 3.26. The van der Waals surface area contributed by atoms with E-state index in [1.165, 1.54) is 12.1 Å². The minimum Gasteiger partial charge on any atom is -0.381 e. The maximum Gasteiger partial charge on any atom is 0.275 e. The third-order valence-electron chi connectivity index (χ3n) is 1.66. The van der Waals surface area contributed by atoms with Gasteiger partial charge >= 0.3 is 0 Å². The highest BCUT2D eigenvalue weighted by Crippen LogP contribution is 2.24. The van der Waals surface area contributed by atoms with Crippen LogP contribution in [0.3, 0.4) is 0 Å². The van der Waals surface area contributed by atoms with Crippen LogP contribution >= 0.6 is 0 Å². The Kier molecular flexibility index (Phi) is 2.47. The summed E-state index contributed by atoms with van der Waals surface area (Å²) in [6, 6.07) is 4.75. The van der Waals surface area contributed by atoms with Gasteiger partial charge in [0.05, 0.1) is 10.5 Å². The fourth-order valence-electron chi connectivity index (χ4n) is 1.05. The summed E-state index contributed by atoms with van der Waals surface area (Å²) in [5.41, 5.74) is -0.995. The zero-order valence-corrected chi connectivity index (χ0v) is 7.36. The lowest BCUT2D eigenvalue weighted by Gasteiger charge is -2.06. The molecule has 0 aliphatic heterocycles. The molecule has 1 aromatic rings. The van der Waals surface area contributed by atoms with E-state index in [0.29, 0.717) is 0 Å². The summed E-state index contributed by atoms with van der Waals surface area (Å²) in [5, 5.41) is 30.6. The standard InChI is InChI=1S/C8H8N2O5/c11-8(5-9(12)13)6-3-1-2-4-7(6)10(14)15/h1-4,8,11H,5H2/i5D2. The van der Waals surface area contributed by atoms with Crippen LogP contribution in [-0.2, 0) is 0 Å². The van der Waals surface area contributed by atoms with Gasteiger partial charge in [-0.05, 0) is 6.07 Å². The van der Waals surface area contributed by atoms with E-state index in [0.717, 1.165) is 12.1 Å². The molecule has 0 radical (unpaired) electrons. The van der Waals surface area contributed by atoms with Gasteiger partial charge in [0.2, 0.25) is 6.50 Å². The third kappa shape index (κ3) is 2.71. The molecule has 0 spiro atoms. The van der Waals surface area contributed by atoms with Gasteiger partial charge in [-0.2, -0.15) is 0 Å². The minimum absolute atomic E-state index is 0.431. The number of hydrogen-bond acceptors (Lipinski definition) is 5. The van der Waals surface area contributed by atoms with Gasteiger partial charge in [0.1, 0.15) is 8.85 Å². The van der Waals surface area contributed by atoms with Crippen LogP contribution < -0.4 is 0 Å². The Labute approximate surface area is 87.1 Å². The second-order valence-electron chi connectivity index (χ2n) is 2.60. The van der Waals surface area contributed by atoms with Crippen molar-refractivity contribution in [1.82, 2.24) is 0 Å². The van der Waals surface area contributed by atoms with Gasteiger partial charge in [0.25, 0.3) is 5.69 Å². The highest BCUT2D eigenvalue weighted by molar-refractivity contribution is 5.41. The van der Waals surface area contributed by atoms with Crippen molar-refractivity contribution in [2.75, 3.05) is 6.50 Å². The molecule has 0 aliphatic rings. The van der Waals surface area contributed by atoms with E-state index in [2.05, 4.69) is 0 Å². The first-order valence-corrected chi connectivity index (χ1v) is 3.84. The molecule has 7 heteroatoms. The fourth-order valence-corrected chi connectivity index (χ4v) is 1.05. The molecule has 1 N–H and O–H groups in total. The van der Waals surface area contributed by atoms with Gasteiger partial charge in [-0.1, -0.05) is 12.1 Å². The number of hydrogen-bond donors (Lipinski definition) is 1. The average Bonchev–Trinajstić information content (AvgIpc) is 2.27. The largest absolute Gasteiger partial charge is 0.381 e. The summed E-state index contributed by atoms with van der Waals surface area (Å²) in [5.74, 6) is 0. The van der Waals surface area contributed by atoms with Crippen molar-refractivity contribution in [3.8, 4) is 0 Å². The summed E-state index contributed by atoms with van der Waals surface area (Å²) in [7, 11) is 0. The fraction of sp³-hybridized carbons (Fsp3) is 0.250. The summed E-state index contributed by atoms with van der Waals surface area (Å²) in [6.45, 7) is -3.19. The van der Waals surface area contributed by atoms with E-state index in [9.17, 15) is 25.3 Å². The van der Waals surface area contributed by atoms with Crippen LogP contribution in [0.2, 0.25) is 0 Å². The molecule has 0 heterocycles. The maximum absolute atomic E-state index is 10.6. The summed E-state index contributed by atoms with van der Waals surface area (Å²) >= 11 is 0. The van der Waals surface area contributed by atoms with Crippen molar-refractivity contribution in [3.05, 3.63) is 50.1 Å². The van der Waals surface area contributed by atoms with Crippen molar-refractivity contribution in [2.24, 2.45) is 0 Å². The molecule has 7 nitrogen and oxygen atoms in total. The number of benzene rings is 1. The zero-order valence-electron chi connectivity index (χ0n) is 9.36. The Hall–Kier alpha value is -2.02. The van der Waals surface area contributed by atoms with Gasteiger partial charge in [-0.3, -0.25) is 20.2 Å². The van der Waals surface area contributed by atoms with E-state index >= 15 is 0 Å². The van der Waals surface area contributed by atoms with Crippen molar-refractivity contribution in [2.45, 2.75) is 6.10 Å². The lowest BCUT2D eigenvalue weighted by molar-refractivity contribution is -0.492. The van der Waals surface area contributed by atoms with Crippen LogP contribution in [-0.4, -0.2) is 21.5 Å². The molecule has 1 aromatic carbocycles. The molecule has 15 heavy (non-hydrogen) atoms. The Morgan fingerprint density at radius 2 is 2.00 bits per heavy atom. The average molecular weight is 214 g/mol.